The van der Waals surface area contributed by atoms with Crippen molar-refractivity contribution in [1.82, 2.24) is 24.4 Å². The molecule has 1 spiro atoms. The number of aromatic amines is 1. The van der Waals surface area contributed by atoms with Crippen LogP contribution in [0.1, 0.15) is 40.9 Å². The van der Waals surface area contributed by atoms with Gasteiger partial charge in [-0.25, -0.2) is 9.37 Å². The molecule has 0 amide bonds. The number of anilines is 1. The van der Waals surface area contributed by atoms with Crippen LogP contribution in [0.2, 0.25) is 5.02 Å². The first-order valence-electron chi connectivity index (χ1n) is 14.9. The predicted molar refractivity (Wildman–Crippen MR) is 169 cm³/mol. The fourth-order valence-electron chi connectivity index (χ4n) is 6.86. The molecule has 5 aromatic rings. The van der Waals surface area contributed by atoms with Gasteiger partial charge in [-0.1, -0.05) is 17.7 Å². The van der Waals surface area contributed by atoms with Crippen LogP contribution in [0.15, 0.2) is 60.9 Å². The molecule has 5 heterocycles. The van der Waals surface area contributed by atoms with E-state index in [0.29, 0.717) is 29.8 Å². The molecule has 0 radical (unpaired) electrons. The number of H-pyrrole nitrogens is 1. The summed E-state index contributed by atoms with van der Waals surface area (Å²) in [5.41, 5.74) is 6.42. The highest BCUT2D eigenvalue weighted by molar-refractivity contribution is 6.30. The van der Waals surface area contributed by atoms with Crippen molar-refractivity contribution in [2.75, 3.05) is 31.1 Å². The van der Waals surface area contributed by atoms with Gasteiger partial charge in [-0.15, -0.1) is 0 Å². The largest absolute Gasteiger partial charge is 0.439 e. The van der Waals surface area contributed by atoms with Gasteiger partial charge in [0.1, 0.15) is 23.3 Å². The number of hydrogen-bond donors (Lipinski definition) is 1. The number of nitrogens with one attached hydrogen (secondary N) is 1. The maximum absolute atomic E-state index is 13.8. The van der Waals surface area contributed by atoms with Crippen molar-refractivity contribution in [2.24, 2.45) is 5.41 Å². The van der Waals surface area contributed by atoms with Crippen molar-refractivity contribution >= 4 is 28.5 Å². The Morgan fingerprint density at radius 2 is 1.91 bits per heavy atom. The molecule has 224 valence electrons. The monoisotopic (exact) mass is 609 g/mol. The number of likely N-dealkylation sites (tertiary alicyclic amines) is 1. The Labute approximate surface area is 260 Å². The lowest BCUT2D eigenvalue weighted by molar-refractivity contribution is 0.270. The van der Waals surface area contributed by atoms with Gasteiger partial charge in [0.15, 0.2) is 0 Å². The molecule has 1 atom stereocenters. The molecule has 0 aliphatic carbocycles. The molecule has 0 bridgehead atoms. The minimum atomic E-state index is -0.459. The molecule has 7 rings (SSSR count). The fourth-order valence-corrected chi connectivity index (χ4v) is 7.08. The number of nitriles is 1. The second-order valence-corrected chi connectivity index (χ2v) is 12.7. The van der Waals surface area contributed by atoms with Crippen LogP contribution in [0.25, 0.3) is 10.9 Å². The molecule has 10 heteroatoms. The first-order chi connectivity index (χ1) is 21.3. The van der Waals surface area contributed by atoms with Crippen molar-refractivity contribution < 1.29 is 9.13 Å². The van der Waals surface area contributed by atoms with E-state index in [0.717, 1.165) is 67.7 Å². The Morgan fingerprint density at radius 1 is 1.05 bits per heavy atom. The predicted octanol–water partition coefficient (Wildman–Crippen LogP) is 6.98. The van der Waals surface area contributed by atoms with Gasteiger partial charge in [0.25, 0.3) is 0 Å². The number of aromatic nitrogens is 4. The van der Waals surface area contributed by atoms with Crippen LogP contribution in [-0.2, 0) is 13.1 Å². The Morgan fingerprint density at radius 3 is 2.70 bits per heavy atom. The molecule has 2 aliphatic heterocycles. The minimum Gasteiger partial charge on any atom is -0.439 e. The van der Waals surface area contributed by atoms with Crippen LogP contribution < -0.4 is 9.64 Å². The third-order valence-electron chi connectivity index (χ3n) is 9.09. The second-order valence-electron chi connectivity index (χ2n) is 12.2. The van der Waals surface area contributed by atoms with Crippen molar-refractivity contribution in [3.63, 3.8) is 0 Å². The molecule has 3 aromatic heterocycles. The van der Waals surface area contributed by atoms with Crippen molar-refractivity contribution in [3.05, 3.63) is 99.8 Å². The lowest BCUT2D eigenvalue weighted by Gasteiger charge is -2.25. The number of halogens is 2. The average Bonchev–Trinajstić information content (AvgIpc) is 3.78. The lowest BCUT2D eigenvalue weighted by Crippen LogP contribution is -2.31. The zero-order chi connectivity index (χ0) is 30.4. The Kier molecular flexibility index (Phi) is 7.27. The second kappa shape index (κ2) is 11.3. The summed E-state index contributed by atoms with van der Waals surface area (Å²) in [6, 6.07) is 16.7. The zero-order valence-electron chi connectivity index (χ0n) is 24.8. The first kappa shape index (κ1) is 28.4. The Bertz CT molecular complexity index is 1880. The molecule has 2 aliphatic rings. The maximum Gasteiger partial charge on any atom is 0.228 e. The van der Waals surface area contributed by atoms with Gasteiger partial charge in [0.2, 0.25) is 11.8 Å². The molecule has 1 unspecified atom stereocenters. The average molecular weight is 610 g/mol. The van der Waals surface area contributed by atoms with Crippen LogP contribution >= 0.6 is 11.6 Å². The van der Waals surface area contributed by atoms with Gasteiger partial charge in [0.05, 0.1) is 6.54 Å². The molecule has 2 aromatic carbocycles. The normalized spacial score (nSPS) is 18.5. The molecule has 0 saturated carbocycles. The number of benzene rings is 2. The summed E-state index contributed by atoms with van der Waals surface area (Å²) in [5, 5.41) is 11.3. The third kappa shape index (κ3) is 5.51. The number of nitrogens with zero attached hydrogens (tertiary/aromatic N) is 6. The number of rotatable bonds is 7. The number of hydrogen-bond acceptors (Lipinski definition) is 6. The third-order valence-corrected chi connectivity index (χ3v) is 9.31. The molecular weight excluding hydrogens is 577 g/mol. The summed E-state index contributed by atoms with van der Waals surface area (Å²) < 4.78 is 21.8. The van der Waals surface area contributed by atoms with Crippen LogP contribution in [0, 0.1) is 36.4 Å². The van der Waals surface area contributed by atoms with Crippen molar-refractivity contribution in [1.29, 1.82) is 5.26 Å². The zero-order valence-corrected chi connectivity index (χ0v) is 25.5. The molecular formula is C34H33ClFN7O. The summed E-state index contributed by atoms with van der Waals surface area (Å²) in [5.74, 6) is 0.851. The van der Waals surface area contributed by atoms with Crippen molar-refractivity contribution in [3.8, 4) is 17.7 Å². The van der Waals surface area contributed by atoms with E-state index in [9.17, 15) is 9.65 Å². The van der Waals surface area contributed by atoms with Gasteiger partial charge in [-0.05, 0) is 80.3 Å². The van der Waals surface area contributed by atoms with E-state index in [4.69, 9.17) is 21.3 Å². The smallest absolute Gasteiger partial charge is 0.228 e. The molecule has 1 N–H and O–H groups in total. The molecule has 44 heavy (non-hydrogen) atoms. The van der Waals surface area contributed by atoms with E-state index >= 15 is 0 Å². The van der Waals surface area contributed by atoms with E-state index in [2.05, 4.69) is 49.5 Å². The molecule has 2 fully saturated rings. The van der Waals surface area contributed by atoms with Gasteiger partial charge in [-0.2, -0.15) is 10.2 Å². The summed E-state index contributed by atoms with van der Waals surface area (Å²) in [6.07, 6.45) is 6.08. The SMILES string of the molecule is Cc1cc(Oc2cc(F)cc(Cl)c2)nc(N2CCC3(CCN(Cc4ccc5c(cc(C#N)n5Cc5cc[nH]c5)c4C)C3)C2)n1. The first-order valence-corrected chi connectivity index (χ1v) is 15.3. The van der Waals surface area contributed by atoms with E-state index in [1.54, 1.807) is 12.1 Å². The van der Waals surface area contributed by atoms with Gasteiger partial charge in [0, 0.05) is 77.7 Å². The highest BCUT2D eigenvalue weighted by atomic mass is 35.5. The molecule has 2 saturated heterocycles. The lowest BCUT2D eigenvalue weighted by atomic mass is 9.86. The standard InChI is InChI=1S/C34H33ClFN7O/c1-22-11-32(44-29-13-26(35)12-27(36)14-29)40-33(39-22)42-10-7-34(21-42)6-9-41(20-34)19-25-3-4-31-30(23(25)2)15-28(16-37)43(31)18-24-5-8-38-17-24/h3-5,8,11-15,17,38H,6-7,9-10,18-21H2,1-2H3. The summed E-state index contributed by atoms with van der Waals surface area (Å²) >= 11 is 6.01. The summed E-state index contributed by atoms with van der Waals surface area (Å²) in [7, 11) is 0. The van der Waals surface area contributed by atoms with Crippen LogP contribution in [-0.4, -0.2) is 50.6 Å². The number of aryl methyl sites for hydroxylation is 2. The highest BCUT2D eigenvalue weighted by Crippen LogP contribution is 2.41. The Hall–Kier alpha value is -4.39. The molecule has 8 nitrogen and oxygen atoms in total. The van der Waals surface area contributed by atoms with Gasteiger partial charge < -0.3 is 19.2 Å². The maximum atomic E-state index is 13.8. The van der Waals surface area contributed by atoms with Gasteiger partial charge >= 0.3 is 0 Å². The van der Waals surface area contributed by atoms with Crippen LogP contribution in [0.4, 0.5) is 10.3 Å². The minimum absolute atomic E-state index is 0.177. The highest BCUT2D eigenvalue weighted by Gasteiger charge is 2.44. The Balaban J connectivity index is 1.05. The van der Waals surface area contributed by atoms with E-state index in [1.165, 1.54) is 23.3 Å². The topological polar surface area (TPSA) is 86.0 Å². The quantitative estimate of drug-likeness (QED) is 0.214. The number of ether oxygens (including phenoxy) is 1. The van der Waals surface area contributed by atoms with Crippen molar-refractivity contribution in [2.45, 2.75) is 39.8 Å². The summed E-state index contributed by atoms with van der Waals surface area (Å²) in [6.45, 7) is 9.42. The van der Waals surface area contributed by atoms with E-state index in [1.807, 2.05) is 31.5 Å². The van der Waals surface area contributed by atoms with Gasteiger partial charge in [-0.3, -0.25) is 4.90 Å². The summed E-state index contributed by atoms with van der Waals surface area (Å²) in [4.78, 5) is 17.3. The van der Waals surface area contributed by atoms with Crippen LogP contribution in [0.3, 0.4) is 0 Å². The number of fused-ring (bicyclic) bond motifs is 1. The fraction of sp³-hybridized carbons (Fsp3) is 0.324. The van der Waals surface area contributed by atoms with E-state index < -0.39 is 5.82 Å². The van der Waals surface area contributed by atoms with Crippen LogP contribution in [0.5, 0.6) is 11.6 Å². The van der Waals surface area contributed by atoms with E-state index in [-0.39, 0.29) is 10.4 Å².